The van der Waals surface area contributed by atoms with Gasteiger partial charge in [-0.1, -0.05) is 54.1 Å². The molecule has 1 saturated carbocycles. The van der Waals surface area contributed by atoms with Gasteiger partial charge in [0.25, 0.3) is 0 Å². The van der Waals surface area contributed by atoms with E-state index < -0.39 is 0 Å². The maximum Gasteiger partial charge on any atom is 0.224 e. The number of nitrogens with zero attached hydrogens (tertiary/aromatic N) is 4. The van der Waals surface area contributed by atoms with Crippen LogP contribution in [0.2, 0.25) is 5.02 Å². The van der Waals surface area contributed by atoms with Crippen LogP contribution in [-0.2, 0) is 13.1 Å². The maximum atomic E-state index is 9.78. The molecule has 0 unspecified atom stereocenters. The fourth-order valence-electron chi connectivity index (χ4n) is 4.58. The summed E-state index contributed by atoms with van der Waals surface area (Å²) in [6.07, 6.45) is 5.30. The predicted molar refractivity (Wildman–Crippen MR) is 129 cm³/mol. The molecule has 3 aromatic rings. The monoisotopic (exact) mass is 449 g/mol. The molecule has 0 saturated heterocycles. The zero-order chi connectivity index (χ0) is 21.9. The number of para-hydroxylation sites is 1. The fraction of sp³-hybridized carbons (Fsp3) is 0.360. The van der Waals surface area contributed by atoms with Gasteiger partial charge in [-0.2, -0.15) is 4.98 Å². The summed E-state index contributed by atoms with van der Waals surface area (Å²) in [5.74, 6) is 1.62. The molecule has 0 spiro atoms. The number of aliphatic hydroxyl groups excluding tert-OH is 1. The van der Waals surface area contributed by atoms with E-state index in [1.54, 1.807) is 0 Å². The van der Waals surface area contributed by atoms with Crippen LogP contribution in [0.4, 0.5) is 17.5 Å². The minimum atomic E-state index is -0.172. The molecular weight excluding hydrogens is 422 g/mol. The second-order valence-electron chi connectivity index (χ2n) is 8.67. The van der Waals surface area contributed by atoms with Gasteiger partial charge in [-0.05, 0) is 43.4 Å². The van der Waals surface area contributed by atoms with E-state index in [1.807, 2.05) is 30.5 Å². The number of benzene rings is 2. The molecule has 7 heteroatoms. The van der Waals surface area contributed by atoms with Crippen LogP contribution >= 0.6 is 11.6 Å². The average Bonchev–Trinajstić information content (AvgIpc) is 2.82. The number of fused-ring (bicyclic) bond motifs is 1. The van der Waals surface area contributed by atoms with Crippen LogP contribution in [0.15, 0.2) is 60.8 Å². The van der Waals surface area contributed by atoms with Crippen molar-refractivity contribution in [2.24, 2.45) is 0 Å². The van der Waals surface area contributed by atoms with E-state index in [1.165, 1.54) is 5.56 Å². The minimum absolute atomic E-state index is 0.172. The highest BCUT2D eigenvalue weighted by Crippen LogP contribution is 2.34. The van der Waals surface area contributed by atoms with Crippen LogP contribution < -0.4 is 15.1 Å². The van der Waals surface area contributed by atoms with Crippen LogP contribution in [0.1, 0.15) is 36.8 Å². The average molecular weight is 450 g/mol. The lowest BCUT2D eigenvalue weighted by Crippen LogP contribution is -2.43. The van der Waals surface area contributed by atoms with E-state index in [9.17, 15) is 5.11 Å². The standard InChI is InChI=1S/C25H28ClN5O/c26-22-8-4-5-9-23(22)30-16-19-14-27-25(28-20-10-12-21(32)13-11-20)29-24(19)31(17-30)15-18-6-2-1-3-7-18/h1-9,14,20-21,32H,10-13,15-17H2,(H,27,28,29). The first-order chi connectivity index (χ1) is 15.7. The summed E-state index contributed by atoms with van der Waals surface area (Å²) < 4.78 is 0. The van der Waals surface area contributed by atoms with E-state index >= 15 is 0 Å². The van der Waals surface area contributed by atoms with Crippen molar-refractivity contribution in [3.05, 3.63) is 76.9 Å². The van der Waals surface area contributed by atoms with Crippen LogP contribution in [-0.4, -0.2) is 33.9 Å². The summed E-state index contributed by atoms with van der Waals surface area (Å²) in [7, 11) is 0. The van der Waals surface area contributed by atoms with E-state index in [0.717, 1.165) is 54.3 Å². The number of anilines is 3. The van der Waals surface area contributed by atoms with Gasteiger partial charge in [-0.15, -0.1) is 0 Å². The number of halogens is 1. The Balaban J connectivity index is 1.43. The molecule has 0 bridgehead atoms. The Morgan fingerprint density at radius 1 is 1.00 bits per heavy atom. The van der Waals surface area contributed by atoms with Gasteiger partial charge in [-0.25, -0.2) is 4.98 Å². The van der Waals surface area contributed by atoms with Crippen molar-refractivity contribution < 1.29 is 5.11 Å². The largest absolute Gasteiger partial charge is 0.393 e. The van der Waals surface area contributed by atoms with E-state index in [2.05, 4.69) is 50.4 Å². The lowest BCUT2D eigenvalue weighted by molar-refractivity contribution is 0.126. The number of aromatic nitrogens is 2. The van der Waals surface area contributed by atoms with Gasteiger partial charge in [0.15, 0.2) is 0 Å². The molecule has 2 heterocycles. The molecule has 2 aliphatic rings. The van der Waals surface area contributed by atoms with E-state index in [4.69, 9.17) is 16.6 Å². The second kappa shape index (κ2) is 9.35. The molecule has 0 radical (unpaired) electrons. The van der Waals surface area contributed by atoms with Crippen molar-refractivity contribution in [3.63, 3.8) is 0 Å². The quantitative estimate of drug-likeness (QED) is 0.581. The lowest BCUT2D eigenvalue weighted by Gasteiger charge is -2.39. The third kappa shape index (κ3) is 4.66. The zero-order valence-electron chi connectivity index (χ0n) is 18.0. The van der Waals surface area contributed by atoms with Crippen molar-refractivity contribution >= 4 is 29.1 Å². The number of hydrogen-bond acceptors (Lipinski definition) is 6. The second-order valence-corrected chi connectivity index (χ2v) is 9.07. The first-order valence-corrected chi connectivity index (χ1v) is 11.6. The van der Waals surface area contributed by atoms with Crippen molar-refractivity contribution in [1.29, 1.82) is 0 Å². The van der Waals surface area contributed by atoms with Gasteiger partial charge in [0, 0.05) is 30.9 Å². The lowest BCUT2D eigenvalue weighted by atomic mass is 9.93. The van der Waals surface area contributed by atoms with Crippen molar-refractivity contribution in [2.45, 2.75) is 50.9 Å². The Hall–Kier alpha value is -2.83. The van der Waals surface area contributed by atoms with Gasteiger partial charge in [0.05, 0.1) is 23.5 Å². The number of aliphatic hydroxyl groups is 1. The smallest absolute Gasteiger partial charge is 0.224 e. The highest BCUT2D eigenvalue weighted by molar-refractivity contribution is 6.33. The zero-order valence-corrected chi connectivity index (χ0v) is 18.7. The van der Waals surface area contributed by atoms with Crippen LogP contribution in [0, 0.1) is 0 Å². The molecular formula is C25H28ClN5O. The van der Waals surface area contributed by atoms with Crippen molar-refractivity contribution in [1.82, 2.24) is 9.97 Å². The van der Waals surface area contributed by atoms with Crippen LogP contribution in [0.5, 0.6) is 0 Å². The van der Waals surface area contributed by atoms with Crippen LogP contribution in [0.3, 0.4) is 0 Å². The van der Waals surface area contributed by atoms with Gasteiger partial charge in [0.2, 0.25) is 5.95 Å². The molecule has 1 aromatic heterocycles. The molecule has 5 rings (SSSR count). The Labute approximate surface area is 193 Å². The topological polar surface area (TPSA) is 64.5 Å². The Kier molecular flexibility index (Phi) is 6.14. The normalized spacial score (nSPS) is 20.7. The molecule has 1 fully saturated rings. The summed E-state index contributed by atoms with van der Waals surface area (Å²) in [5.41, 5.74) is 3.33. The summed E-state index contributed by atoms with van der Waals surface area (Å²) in [6, 6.07) is 18.7. The Bertz CT molecular complexity index is 1060. The van der Waals surface area contributed by atoms with E-state index in [-0.39, 0.29) is 6.10 Å². The number of hydrogen-bond donors (Lipinski definition) is 2. The Morgan fingerprint density at radius 3 is 2.53 bits per heavy atom. The molecule has 2 N–H and O–H groups in total. The van der Waals surface area contributed by atoms with Gasteiger partial charge >= 0.3 is 0 Å². The first-order valence-electron chi connectivity index (χ1n) is 11.2. The van der Waals surface area contributed by atoms with Gasteiger partial charge in [-0.3, -0.25) is 0 Å². The summed E-state index contributed by atoms with van der Waals surface area (Å²) >= 11 is 6.52. The third-order valence-electron chi connectivity index (χ3n) is 6.28. The first kappa shape index (κ1) is 21.0. The Morgan fingerprint density at radius 2 is 1.75 bits per heavy atom. The number of rotatable bonds is 5. The van der Waals surface area contributed by atoms with Gasteiger partial charge in [0.1, 0.15) is 5.82 Å². The fourth-order valence-corrected chi connectivity index (χ4v) is 4.84. The third-order valence-corrected chi connectivity index (χ3v) is 6.60. The molecule has 1 aliphatic carbocycles. The summed E-state index contributed by atoms with van der Waals surface area (Å²) in [5, 5.41) is 14.0. The molecule has 2 aromatic carbocycles. The SMILES string of the molecule is OC1CCC(Nc2ncc3c(n2)N(Cc2ccccc2)CN(c2ccccc2Cl)C3)CC1. The van der Waals surface area contributed by atoms with E-state index in [0.29, 0.717) is 25.2 Å². The highest BCUT2D eigenvalue weighted by atomic mass is 35.5. The van der Waals surface area contributed by atoms with Crippen molar-refractivity contribution in [2.75, 3.05) is 21.8 Å². The molecule has 166 valence electrons. The molecule has 32 heavy (non-hydrogen) atoms. The van der Waals surface area contributed by atoms with Gasteiger partial charge < -0.3 is 20.2 Å². The highest BCUT2D eigenvalue weighted by Gasteiger charge is 2.27. The molecule has 6 nitrogen and oxygen atoms in total. The summed E-state index contributed by atoms with van der Waals surface area (Å²) in [6.45, 7) is 2.15. The van der Waals surface area contributed by atoms with Crippen LogP contribution in [0.25, 0.3) is 0 Å². The molecule has 0 amide bonds. The molecule has 0 atom stereocenters. The predicted octanol–water partition coefficient (Wildman–Crippen LogP) is 4.83. The molecule has 1 aliphatic heterocycles. The minimum Gasteiger partial charge on any atom is -0.393 e. The summed E-state index contributed by atoms with van der Waals surface area (Å²) in [4.78, 5) is 14.1. The van der Waals surface area contributed by atoms with Crippen molar-refractivity contribution in [3.8, 4) is 0 Å². The maximum absolute atomic E-state index is 9.78. The number of nitrogens with one attached hydrogen (secondary N) is 1.